The lowest BCUT2D eigenvalue weighted by Crippen LogP contribution is -1.97. The lowest BCUT2D eigenvalue weighted by molar-refractivity contribution is 0.342. The van der Waals surface area contributed by atoms with Gasteiger partial charge in [-0.05, 0) is 25.1 Å². The zero-order valence-corrected chi connectivity index (χ0v) is 7.73. The molecule has 1 aromatic carbocycles. The van der Waals surface area contributed by atoms with E-state index in [1.165, 1.54) is 0 Å². The van der Waals surface area contributed by atoms with E-state index in [4.69, 9.17) is 16.2 Å². The first-order valence-corrected chi connectivity index (χ1v) is 3.52. The predicted molar refractivity (Wildman–Crippen MR) is 53.7 cm³/mol. The summed E-state index contributed by atoms with van der Waals surface area (Å²) in [7, 11) is 0. The first kappa shape index (κ1) is 10.9. The smallest absolute Gasteiger partial charge is 0.142 e. The van der Waals surface area contributed by atoms with E-state index in [1.54, 1.807) is 18.2 Å². The van der Waals surface area contributed by atoms with E-state index in [1.807, 2.05) is 6.92 Å². The highest BCUT2D eigenvalue weighted by Crippen LogP contribution is 2.22. The minimum Gasteiger partial charge on any atom is -0.492 e. The molecule has 1 rings (SSSR count). The molecule has 0 aliphatic carbocycles. The lowest BCUT2D eigenvalue weighted by Gasteiger charge is -2.06. The van der Waals surface area contributed by atoms with Gasteiger partial charge >= 0.3 is 0 Å². The van der Waals surface area contributed by atoms with Crippen LogP contribution in [0.25, 0.3) is 0 Å². The van der Waals surface area contributed by atoms with Gasteiger partial charge in [0.05, 0.1) is 12.3 Å². The quantitative estimate of drug-likeness (QED) is 0.695. The third-order valence-corrected chi connectivity index (χ3v) is 1.33. The molecule has 0 saturated heterocycles. The molecule has 0 unspecified atom stereocenters. The highest BCUT2D eigenvalue weighted by molar-refractivity contribution is 5.85. The highest BCUT2D eigenvalue weighted by Gasteiger charge is 1.97. The van der Waals surface area contributed by atoms with Gasteiger partial charge in [0.2, 0.25) is 0 Å². The molecule has 4 N–H and O–H groups in total. The highest BCUT2D eigenvalue weighted by atomic mass is 35.5. The Labute approximate surface area is 78.1 Å². The summed E-state index contributed by atoms with van der Waals surface area (Å²) < 4.78 is 5.21. The molecule has 12 heavy (non-hydrogen) atoms. The Kier molecular flexibility index (Phi) is 4.29. The molecule has 0 fully saturated rings. The van der Waals surface area contributed by atoms with E-state index in [9.17, 15) is 0 Å². The van der Waals surface area contributed by atoms with Gasteiger partial charge in [-0.2, -0.15) is 0 Å². The van der Waals surface area contributed by atoms with Crippen LogP contribution < -0.4 is 16.2 Å². The minimum absolute atomic E-state index is 0. The number of ether oxygens (including phenoxy) is 1. The number of hydrogen-bond donors (Lipinski definition) is 2. The van der Waals surface area contributed by atoms with Gasteiger partial charge in [0.15, 0.2) is 0 Å². The zero-order valence-electron chi connectivity index (χ0n) is 6.91. The number of nitrogen functional groups attached to an aromatic ring is 2. The molecule has 0 saturated carbocycles. The predicted octanol–water partition coefficient (Wildman–Crippen LogP) is 1.67. The maximum absolute atomic E-state index is 5.60. The fourth-order valence-electron chi connectivity index (χ4n) is 0.854. The summed E-state index contributed by atoms with van der Waals surface area (Å²) in [5.41, 5.74) is 12.3. The van der Waals surface area contributed by atoms with Crippen LogP contribution >= 0.6 is 12.4 Å². The molecule has 0 aromatic heterocycles. The largest absolute Gasteiger partial charge is 0.492 e. The average Bonchev–Trinajstić information content (AvgIpc) is 1.95. The van der Waals surface area contributed by atoms with Crippen LogP contribution in [0, 0.1) is 0 Å². The van der Waals surface area contributed by atoms with Gasteiger partial charge in [-0.25, -0.2) is 0 Å². The van der Waals surface area contributed by atoms with Crippen molar-refractivity contribution in [3.63, 3.8) is 0 Å². The second-order valence-corrected chi connectivity index (χ2v) is 2.23. The number of halogens is 1. The van der Waals surface area contributed by atoms with Crippen LogP contribution in [0.2, 0.25) is 0 Å². The van der Waals surface area contributed by atoms with E-state index >= 15 is 0 Å². The SMILES string of the molecule is CCOc1ccc(N)cc1N.Cl. The fraction of sp³-hybridized carbons (Fsp3) is 0.250. The molecule has 0 amide bonds. The third-order valence-electron chi connectivity index (χ3n) is 1.33. The molecule has 0 aliphatic heterocycles. The number of nitrogens with two attached hydrogens (primary N) is 2. The molecule has 0 aliphatic rings. The molecule has 4 heteroatoms. The van der Waals surface area contributed by atoms with Crippen molar-refractivity contribution < 1.29 is 4.74 Å². The van der Waals surface area contributed by atoms with Crippen molar-refractivity contribution in [3.05, 3.63) is 18.2 Å². The summed E-state index contributed by atoms with van der Waals surface area (Å²) in [4.78, 5) is 0. The summed E-state index contributed by atoms with van der Waals surface area (Å²) >= 11 is 0. The van der Waals surface area contributed by atoms with Crippen LogP contribution in [-0.2, 0) is 0 Å². The second kappa shape index (κ2) is 4.72. The zero-order chi connectivity index (χ0) is 8.27. The van der Waals surface area contributed by atoms with Crippen molar-refractivity contribution in [2.24, 2.45) is 0 Å². The standard InChI is InChI=1S/C8H12N2O.ClH/c1-2-11-8-4-3-6(9)5-7(8)10;/h3-5H,2,9-10H2,1H3;1H. The van der Waals surface area contributed by atoms with Crippen molar-refractivity contribution in [2.45, 2.75) is 6.92 Å². The normalized spacial score (nSPS) is 8.75. The number of hydrogen-bond acceptors (Lipinski definition) is 3. The third kappa shape index (κ3) is 2.51. The van der Waals surface area contributed by atoms with E-state index in [0.717, 1.165) is 0 Å². The van der Waals surface area contributed by atoms with Gasteiger partial charge in [-0.3, -0.25) is 0 Å². The maximum atomic E-state index is 5.60. The van der Waals surface area contributed by atoms with Crippen molar-refractivity contribution in [1.29, 1.82) is 0 Å². The van der Waals surface area contributed by atoms with Crippen LogP contribution in [0.15, 0.2) is 18.2 Å². The van der Waals surface area contributed by atoms with Gasteiger partial charge in [0.1, 0.15) is 5.75 Å². The van der Waals surface area contributed by atoms with E-state index in [-0.39, 0.29) is 12.4 Å². The molecule has 0 spiro atoms. The molecule has 68 valence electrons. The van der Waals surface area contributed by atoms with E-state index in [0.29, 0.717) is 23.7 Å². The molecular weight excluding hydrogens is 176 g/mol. The van der Waals surface area contributed by atoms with Crippen molar-refractivity contribution in [1.82, 2.24) is 0 Å². The van der Waals surface area contributed by atoms with Crippen LogP contribution in [0.1, 0.15) is 6.92 Å². The van der Waals surface area contributed by atoms with Gasteiger partial charge in [-0.1, -0.05) is 0 Å². The Balaban J connectivity index is 0.00000121. The lowest BCUT2D eigenvalue weighted by atomic mass is 10.2. The van der Waals surface area contributed by atoms with Crippen molar-refractivity contribution in [2.75, 3.05) is 18.1 Å². The fourth-order valence-corrected chi connectivity index (χ4v) is 0.854. The number of rotatable bonds is 2. The van der Waals surface area contributed by atoms with Gasteiger partial charge in [0, 0.05) is 5.69 Å². The van der Waals surface area contributed by atoms with Gasteiger partial charge in [-0.15, -0.1) is 12.4 Å². The van der Waals surface area contributed by atoms with Crippen LogP contribution in [0.4, 0.5) is 11.4 Å². The Morgan fingerprint density at radius 3 is 2.50 bits per heavy atom. The van der Waals surface area contributed by atoms with Crippen LogP contribution in [0.3, 0.4) is 0 Å². The Morgan fingerprint density at radius 2 is 2.00 bits per heavy atom. The summed E-state index contributed by atoms with van der Waals surface area (Å²) in [6.07, 6.45) is 0. The second-order valence-electron chi connectivity index (χ2n) is 2.23. The summed E-state index contributed by atoms with van der Waals surface area (Å²) in [6, 6.07) is 5.22. The first-order chi connectivity index (χ1) is 5.24. The molecule has 0 atom stereocenters. The van der Waals surface area contributed by atoms with Crippen molar-refractivity contribution in [3.8, 4) is 5.75 Å². The summed E-state index contributed by atoms with van der Waals surface area (Å²) in [5, 5.41) is 0. The average molecular weight is 189 g/mol. The Morgan fingerprint density at radius 1 is 1.33 bits per heavy atom. The summed E-state index contributed by atoms with van der Waals surface area (Å²) in [6.45, 7) is 2.53. The monoisotopic (exact) mass is 188 g/mol. The molecule has 0 radical (unpaired) electrons. The Bertz CT molecular complexity index is 253. The van der Waals surface area contributed by atoms with E-state index < -0.39 is 0 Å². The van der Waals surface area contributed by atoms with Crippen molar-refractivity contribution >= 4 is 23.8 Å². The molecule has 1 aromatic rings. The molecule has 3 nitrogen and oxygen atoms in total. The number of anilines is 2. The molecule has 0 heterocycles. The summed E-state index contributed by atoms with van der Waals surface area (Å²) in [5.74, 6) is 0.696. The minimum atomic E-state index is 0. The maximum Gasteiger partial charge on any atom is 0.142 e. The molecule has 0 bridgehead atoms. The van der Waals surface area contributed by atoms with Gasteiger partial charge in [0.25, 0.3) is 0 Å². The van der Waals surface area contributed by atoms with Gasteiger partial charge < -0.3 is 16.2 Å². The molecular formula is C8H13ClN2O. The van der Waals surface area contributed by atoms with Crippen LogP contribution in [-0.4, -0.2) is 6.61 Å². The van der Waals surface area contributed by atoms with E-state index in [2.05, 4.69) is 0 Å². The first-order valence-electron chi connectivity index (χ1n) is 3.52. The van der Waals surface area contributed by atoms with Crippen LogP contribution in [0.5, 0.6) is 5.75 Å². The topological polar surface area (TPSA) is 61.3 Å². The Hall–Kier alpha value is -1.09. The number of benzene rings is 1.